The van der Waals surface area contributed by atoms with Crippen LogP contribution in [0.15, 0.2) is 75.1 Å². The second kappa shape index (κ2) is 9.66. The SMILES string of the molecule is COc1ccc(-c2cc(=O)c3c(OC)c(Oc4ccc(C(C)N=O)cc4)c(OC)cc3o2)cc1. The summed E-state index contributed by atoms with van der Waals surface area (Å²) in [5, 5.41) is 3.25. The van der Waals surface area contributed by atoms with Crippen molar-refractivity contribution in [2.75, 3.05) is 21.3 Å². The van der Waals surface area contributed by atoms with Crippen LogP contribution >= 0.6 is 0 Å². The van der Waals surface area contributed by atoms with Crippen LogP contribution in [0.4, 0.5) is 0 Å². The molecule has 0 saturated heterocycles. The topological polar surface area (TPSA) is 96.6 Å². The lowest BCUT2D eigenvalue weighted by Gasteiger charge is -2.16. The molecule has 0 aliphatic heterocycles. The van der Waals surface area contributed by atoms with E-state index < -0.39 is 6.04 Å². The molecule has 0 aliphatic carbocycles. The molecule has 0 bridgehead atoms. The van der Waals surface area contributed by atoms with E-state index in [4.69, 9.17) is 23.4 Å². The standard InChI is InChI=1S/C26H23NO7/c1-15(27-29)16-5-11-19(12-6-16)33-25-23(31-3)14-22-24(26(25)32-4)20(28)13-21(34-22)17-7-9-18(30-2)10-8-17/h5-15H,1-4H3. The largest absolute Gasteiger partial charge is 0.497 e. The average Bonchev–Trinajstić information content (AvgIpc) is 2.88. The first-order valence-electron chi connectivity index (χ1n) is 10.5. The summed E-state index contributed by atoms with van der Waals surface area (Å²) in [5.41, 5.74) is 1.47. The maximum absolute atomic E-state index is 13.1. The number of fused-ring (bicyclic) bond motifs is 1. The van der Waals surface area contributed by atoms with E-state index in [-0.39, 0.29) is 22.3 Å². The molecule has 8 heteroatoms. The van der Waals surface area contributed by atoms with Crippen LogP contribution in [0.25, 0.3) is 22.3 Å². The molecule has 1 heterocycles. The maximum atomic E-state index is 13.1. The number of nitrogens with zero attached hydrogens (tertiary/aromatic N) is 1. The molecule has 0 aliphatic rings. The Bertz CT molecular complexity index is 1380. The van der Waals surface area contributed by atoms with Gasteiger partial charge in [-0.05, 0) is 48.9 Å². The Morgan fingerprint density at radius 2 is 1.50 bits per heavy atom. The third-order valence-corrected chi connectivity index (χ3v) is 5.43. The van der Waals surface area contributed by atoms with Crippen molar-refractivity contribution in [1.82, 2.24) is 0 Å². The predicted octanol–water partition coefficient (Wildman–Crippen LogP) is 6.11. The molecule has 4 aromatic rings. The highest BCUT2D eigenvalue weighted by molar-refractivity contribution is 5.90. The van der Waals surface area contributed by atoms with Gasteiger partial charge in [0.15, 0.2) is 16.9 Å². The van der Waals surface area contributed by atoms with E-state index in [0.29, 0.717) is 28.6 Å². The molecule has 1 unspecified atom stereocenters. The molecule has 0 N–H and O–H groups in total. The van der Waals surface area contributed by atoms with Crippen molar-refractivity contribution < 1.29 is 23.4 Å². The number of nitroso groups, excluding NO2 is 1. The van der Waals surface area contributed by atoms with Gasteiger partial charge in [0.25, 0.3) is 0 Å². The van der Waals surface area contributed by atoms with Crippen LogP contribution in [0, 0.1) is 4.91 Å². The lowest BCUT2D eigenvalue weighted by molar-refractivity contribution is 0.348. The molecule has 0 spiro atoms. The number of hydrogen-bond acceptors (Lipinski definition) is 8. The first-order chi connectivity index (χ1) is 16.5. The van der Waals surface area contributed by atoms with E-state index in [9.17, 15) is 9.70 Å². The Labute approximate surface area is 195 Å². The fraction of sp³-hybridized carbons (Fsp3) is 0.192. The lowest BCUT2D eigenvalue weighted by atomic mass is 10.1. The number of methoxy groups -OCH3 is 3. The molecule has 0 saturated carbocycles. The summed E-state index contributed by atoms with van der Waals surface area (Å²) in [6.07, 6.45) is 0. The molecule has 0 amide bonds. The Morgan fingerprint density at radius 1 is 0.824 bits per heavy atom. The summed E-state index contributed by atoms with van der Waals surface area (Å²) in [7, 11) is 4.51. The van der Waals surface area contributed by atoms with Gasteiger partial charge in [0.05, 0.1) is 21.3 Å². The average molecular weight is 461 g/mol. The summed E-state index contributed by atoms with van der Waals surface area (Å²) >= 11 is 0. The van der Waals surface area contributed by atoms with Crippen molar-refractivity contribution >= 4 is 11.0 Å². The van der Waals surface area contributed by atoms with E-state index in [1.807, 2.05) is 0 Å². The van der Waals surface area contributed by atoms with Crippen LogP contribution in [0.1, 0.15) is 18.5 Å². The minimum absolute atomic E-state index is 0.191. The molecular weight excluding hydrogens is 438 g/mol. The number of benzene rings is 3. The van der Waals surface area contributed by atoms with Crippen molar-refractivity contribution in [2.45, 2.75) is 13.0 Å². The van der Waals surface area contributed by atoms with Crippen molar-refractivity contribution in [3.8, 4) is 40.1 Å². The molecule has 174 valence electrons. The summed E-state index contributed by atoms with van der Waals surface area (Å²) in [6.45, 7) is 1.71. The van der Waals surface area contributed by atoms with Gasteiger partial charge in [0.1, 0.15) is 34.3 Å². The van der Waals surface area contributed by atoms with Gasteiger partial charge >= 0.3 is 0 Å². The molecule has 0 fully saturated rings. The van der Waals surface area contributed by atoms with Crippen molar-refractivity contribution in [1.29, 1.82) is 0 Å². The maximum Gasteiger partial charge on any atom is 0.212 e. The van der Waals surface area contributed by atoms with Crippen LogP contribution in [0.5, 0.6) is 28.7 Å². The highest BCUT2D eigenvalue weighted by Gasteiger charge is 2.22. The van der Waals surface area contributed by atoms with Crippen LogP contribution in [-0.2, 0) is 0 Å². The Morgan fingerprint density at radius 3 is 2.09 bits per heavy atom. The van der Waals surface area contributed by atoms with Crippen molar-refractivity contribution in [3.63, 3.8) is 0 Å². The highest BCUT2D eigenvalue weighted by atomic mass is 16.5. The van der Waals surface area contributed by atoms with Gasteiger partial charge in [-0.25, -0.2) is 0 Å². The second-order valence-corrected chi connectivity index (χ2v) is 7.47. The first-order valence-corrected chi connectivity index (χ1v) is 10.5. The fourth-order valence-corrected chi connectivity index (χ4v) is 3.58. The third-order valence-electron chi connectivity index (χ3n) is 5.43. The molecule has 4 rings (SSSR count). The Kier molecular flexibility index (Phi) is 6.49. The lowest BCUT2D eigenvalue weighted by Crippen LogP contribution is -2.05. The minimum atomic E-state index is -0.469. The van der Waals surface area contributed by atoms with Crippen LogP contribution in [0.3, 0.4) is 0 Å². The molecule has 34 heavy (non-hydrogen) atoms. The fourth-order valence-electron chi connectivity index (χ4n) is 3.58. The van der Waals surface area contributed by atoms with E-state index in [1.165, 1.54) is 20.3 Å². The van der Waals surface area contributed by atoms with Crippen LogP contribution < -0.4 is 24.4 Å². The van der Waals surface area contributed by atoms with Gasteiger partial charge < -0.3 is 23.4 Å². The Balaban J connectivity index is 1.81. The van der Waals surface area contributed by atoms with Crippen LogP contribution in [0.2, 0.25) is 0 Å². The molecule has 1 aromatic heterocycles. The van der Waals surface area contributed by atoms with Crippen LogP contribution in [-0.4, -0.2) is 21.3 Å². The van der Waals surface area contributed by atoms with Gasteiger partial charge in [0.2, 0.25) is 5.75 Å². The van der Waals surface area contributed by atoms with Gasteiger partial charge in [-0.1, -0.05) is 17.3 Å². The van der Waals surface area contributed by atoms with Gasteiger partial charge in [-0.15, -0.1) is 0 Å². The highest BCUT2D eigenvalue weighted by Crippen LogP contribution is 2.45. The predicted molar refractivity (Wildman–Crippen MR) is 128 cm³/mol. The number of hydrogen-bond donors (Lipinski definition) is 0. The van der Waals surface area contributed by atoms with Gasteiger partial charge in [-0.3, -0.25) is 4.79 Å². The summed E-state index contributed by atoms with van der Waals surface area (Å²) in [5.74, 6) is 2.31. The molecular formula is C26H23NO7. The van der Waals surface area contributed by atoms with E-state index >= 15 is 0 Å². The van der Waals surface area contributed by atoms with Crippen molar-refractivity contribution in [3.05, 3.63) is 81.4 Å². The first kappa shape index (κ1) is 22.8. The zero-order chi connectivity index (χ0) is 24.2. The molecule has 1 atom stereocenters. The second-order valence-electron chi connectivity index (χ2n) is 7.47. The monoisotopic (exact) mass is 461 g/mol. The molecule has 3 aromatic carbocycles. The summed E-state index contributed by atoms with van der Waals surface area (Å²) < 4.78 is 28.4. The smallest absolute Gasteiger partial charge is 0.212 e. The van der Waals surface area contributed by atoms with Gasteiger partial charge in [0, 0.05) is 17.7 Å². The summed E-state index contributed by atoms with van der Waals surface area (Å²) in [4.78, 5) is 23.9. The number of rotatable bonds is 8. The Hall–Kier alpha value is -4.33. The van der Waals surface area contributed by atoms with Gasteiger partial charge in [-0.2, -0.15) is 4.91 Å². The minimum Gasteiger partial charge on any atom is -0.497 e. The normalized spacial score (nSPS) is 11.6. The van der Waals surface area contributed by atoms with E-state index in [1.54, 1.807) is 68.6 Å². The third kappa shape index (κ3) is 4.30. The molecule has 8 nitrogen and oxygen atoms in total. The zero-order valence-electron chi connectivity index (χ0n) is 19.2. The van der Waals surface area contributed by atoms with Crippen molar-refractivity contribution in [2.24, 2.45) is 5.18 Å². The van der Waals surface area contributed by atoms with E-state index in [0.717, 1.165) is 11.1 Å². The number of ether oxygens (including phenoxy) is 4. The summed E-state index contributed by atoms with van der Waals surface area (Å²) in [6, 6.07) is 16.6. The van der Waals surface area contributed by atoms with E-state index in [2.05, 4.69) is 5.18 Å². The quantitative estimate of drug-likeness (QED) is 0.292. The zero-order valence-corrected chi connectivity index (χ0v) is 19.2. The molecule has 0 radical (unpaired) electrons.